The van der Waals surface area contributed by atoms with E-state index in [9.17, 15) is 14.7 Å². The van der Waals surface area contributed by atoms with Crippen molar-refractivity contribution in [3.63, 3.8) is 0 Å². The Morgan fingerprint density at radius 1 is 1.08 bits per heavy atom. The molecule has 0 bridgehead atoms. The molecule has 0 aliphatic heterocycles. The highest BCUT2D eigenvalue weighted by Crippen LogP contribution is 2.22. The topological polar surface area (TPSA) is 66.4 Å². The van der Waals surface area contributed by atoms with Gasteiger partial charge in [-0.15, -0.1) is 0 Å². The molecule has 0 spiro atoms. The van der Waals surface area contributed by atoms with E-state index in [-0.39, 0.29) is 12.3 Å². The molecular weight excluding hydrogens is 326 g/mol. The predicted molar refractivity (Wildman–Crippen MR) is 93.9 cm³/mol. The fourth-order valence-corrected chi connectivity index (χ4v) is 2.58. The summed E-state index contributed by atoms with van der Waals surface area (Å²) in [5.74, 6) is -1.83. The third-order valence-corrected chi connectivity index (χ3v) is 4.17. The molecule has 0 heterocycles. The smallest absolute Gasteiger partial charge is 0.308 e. The van der Waals surface area contributed by atoms with E-state index in [0.29, 0.717) is 11.4 Å². The van der Waals surface area contributed by atoms with Crippen LogP contribution in [-0.2, 0) is 16.0 Å². The average molecular weight is 346 g/mol. The quantitative estimate of drug-likeness (QED) is 0.801. The molecule has 0 radical (unpaired) electrons. The number of carbonyl (C=O) groups excluding carboxylic acids is 1. The molecule has 0 aliphatic carbocycles. The maximum absolute atomic E-state index is 12.3. The molecule has 2 rings (SSSR count). The highest BCUT2D eigenvalue weighted by molar-refractivity contribution is 6.30. The van der Waals surface area contributed by atoms with Crippen LogP contribution < -0.4 is 5.32 Å². The van der Waals surface area contributed by atoms with Crippen molar-refractivity contribution in [2.75, 3.05) is 0 Å². The van der Waals surface area contributed by atoms with Crippen LogP contribution in [0, 0.1) is 5.92 Å². The Balaban J connectivity index is 2.01. The Morgan fingerprint density at radius 3 is 2.29 bits per heavy atom. The molecule has 0 saturated carbocycles. The maximum atomic E-state index is 12.3. The summed E-state index contributed by atoms with van der Waals surface area (Å²) in [6, 6.07) is 15.9. The summed E-state index contributed by atoms with van der Waals surface area (Å²) in [5.41, 5.74) is 1.80. The lowest BCUT2D eigenvalue weighted by Crippen LogP contribution is -2.35. The van der Waals surface area contributed by atoms with Crippen LogP contribution in [0.2, 0.25) is 5.02 Å². The highest BCUT2D eigenvalue weighted by atomic mass is 35.5. The number of carbonyl (C=O) groups is 2. The van der Waals surface area contributed by atoms with Gasteiger partial charge in [0.2, 0.25) is 5.91 Å². The zero-order chi connectivity index (χ0) is 17.5. The van der Waals surface area contributed by atoms with Gasteiger partial charge in [0.15, 0.2) is 0 Å². The minimum absolute atomic E-state index is 0.174. The van der Waals surface area contributed by atoms with Gasteiger partial charge in [0.25, 0.3) is 0 Å². The van der Waals surface area contributed by atoms with Gasteiger partial charge in [-0.05, 0) is 36.6 Å². The summed E-state index contributed by atoms with van der Waals surface area (Å²) >= 11 is 5.84. The minimum atomic E-state index is -0.943. The summed E-state index contributed by atoms with van der Waals surface area (Å²) < 4.78 is 0. The van der Waals surface area contributed by atoms with Crippen LogP contribution in [0.1, 0.15) is 30.5 Å². The Labute approximate surface area is 146 Å². The molecule has 1 amide bonds. The van der Waals surface area contributed by atoms with Crippen molar-refractivity contribution in [1.29, 1.82) is 0 Å². The first-order chi connectivity index (χ1) is 11.5. The molecule has 5 heteroatoms. The predicted octanol–water partition coefficient (Wildman–Crippen LogP) is 3.85. The number of hydrogen-bond donors (Lipinski definition) is 2. The van der Waals surface area contributed by atoms with E-state index in [2.05, 4.69) is 5.32 Å². The number of rotatable bonds is 7. The first-order valence-corrected chi connectivity index (χ1v) is 8.16. The van der Waals surface area contributed by atoms with Crippen LogP contribution in [0.5, 0.6) is 0 Å². The standard InChI is InChI=1S/C19H20ClNO3/c1-13(19(23)24)18(15-5-3-2-4-6-15)21-17(22)12-9-14-7-10-16(20)11-8-14/h2-8,10-11,13,18H,9,12H2,1H3,(H,21,22)(H,23,24). The van der Waals surface area contributed by atoms with Crippen molar-refractivity contribution in [3.8, 4) is 0 Å². The average Bonchev–Trinajstić information content (AvgIpc) is 2.59. The third kappa shape index (κ3) is 5.10. The van der Waals surface area contributed by atoms with E-state index in [1.165, 1.54) is 0 Å². The number of carboxylic acid groups (broad SMARTS) is 1. The number of amides is 1. The molecule has 2 N–H and O–H groups in total. The van der Waals surface area contributed by atoms with Crippen molar-refractivity contribution in [3.05, 3.63) is 70.7 Å². The summed E-state index contributed by atoms with van der Waals surface area (Å²) in [4.78, 5) is 23.6. The van der Waals surface area contributed by atoms with Gasteiger partial charge in [0.05, 0.1) is 12.0 Å². The van der Waals surface area contributed by atoms with E-state index in [4.69, 9.17) is 11.6 Å². The Kier molecular flexibility index (Phi) is 6.38. The van der Waals surface area contributed by atoms with Gasteiger partial charge in [-0.2, -0.15) is 0 Å². The summed E-state index contributed by atoms with van der Waals surface area (Å²) in [7, 11) is 0. The lowest BCUT2D eigenvalue weighted by molar-refractivity contribution is -0.142. The second kappa shape index (κ2) is 8.50. The van der Waals surface area contributed by atoms with Crippen molar-refractivity contribution < 1.29 is 14.7 Å². The fourth-order valence-electron chi connectivity index (χ4n) is 2.45. The fraction of sp³-hybridized carbons (Fsp3) is 0.263. The number of halogens is 1. The van der Waals surface area contributed by atoms with Gasteiger partial charge in [-0.3, -0.25) is 9.59 Å². The Bertz CT molecular complexity index is 686. The number of aliphatic carboxylic acids is 1. The van der Waals surface area contributed by atoms with E-state index in [0.717, 1.165) is 11.1 Å². The van der Waals surface area contributed by atoms with Gasteiger partial charge in [-0.25, -0.2) is 0 Å². The molecule has 4 nitrogen and oxygen atoms in total. The first-order valence-electron chi connectivity index (χ1n) is 7.79. The van der Waals surface area contributed by atoms with Gasteiger partial charge in [0, 0.05) is 11.4 Å². The second-order valence-corrected chi connectivity index (χ2v) is 6.15. The number of carboxylic acids is 1. The first kappa shape index (κ1) is 18.0. The van der Waals surface area contributed by atoms with Crippen molar-refractivity contribution >= 4 is 23.5 Å². The molecule has 0 aliphatic rings. The van der Waals surface area contributed by atoms with E-state index in [1.54, 1.807) is 19.1 Å². The lowest BCUT2D eigenvalue weighted by Gasteiger charge is -2.23. The summed E-state index contributed by atoms with van der Waals surface area (Å²) in [5, 5.41) is 12.8. The van der Waals surface area contributed by atoms with Crippen LogP contribution in [0.15, 0.2) is 54.6 Å². The Morgan fingerprint density at radius 2 is 1.71 bits per heavy atom. The lowest BCUT2D eigenvalue weighted by atomic mass is 9.94. The number of benzene rings is 2. The van der Waals surface area contributed by atoms with Crippen molar-refractivity contribution in [1.82, 2.24) is 5.32 Å². The van der Waals surface area contributed by atoms with Gasteiger partial charge in [-0.1, -0.05) is 54.1 Å². The van der Waals surface area contributed by atoms with Crippen LogP contribution in [0.3, 0.4) is 0 Å². The Hall–Kier alpha value is -2.33. The molecule has 0 saturated heterocycles. The molecule has 2 atom stereocenters. The molecule has 2 aromatic rings. The number of aryl methyl sites for hydroxylation is 1. The zero-order valence-corrected chi connectivity index (χ0v) is 14.2. The second-order valence-electron chi connectivity index (χ2n) is 5.71. The number of hydrogen-bond acceptors (Lipinski definition) is 2. The monoisotopic (exact) mass is 345 g/mol. The third-order valence-electron chi connectivity index (χ3n) is 3.92. The molecule has 2 unspecified atom stereocenters. The molecule has 0 fully saturated rings. The summed E-state index contributed by atoms with van der Waals surface area (Å²) in [6.07, 6.45) is 0.864. The maximum Gasteiger partial charge on any atom is 0.308 e. The highest BCUT2D eigenvalue weighted by Gasteiger charge is 2.26. The molecule has 2 aromatic carbocycles. The van der Waals surface area contributed by atoms with Crippen molar-refractivity contribution in [2.45, 2.75) is 25.8 Å². The zero-order valence-electron chi connectivity index (χ0n) is 13.4. The largest absolute Gasteiger partial charge is 0.481 e. The van der Waals surface area contributed by atoms with Gasteiger partial charge >= 0.3 is 5.97 Å². The van der Waals surface area contributed by atoms with E-state index >= 15 is 0 Å². The van der Waals surface area contributed by atoms with Crippen molar-refractivity contribution in [2.24, 2.45) is 5.92 Å². The molecule has 0 aromatic heterocycles. The normalized spacial score (nSPS) is 13.1. The van der Waals surface area contributed by atoms with Crippen LogP contribution in [0.25, 0.3) is 0 Å². The van der Waals surface area contributed by atoms with Crippen LogP contribution in [0.4, 0.5) is 0 Å². The van der Waals surface area contributed by atoms with Gasteiger partial charge < -0.3 is 10.4 Å². The van der Waals surface area contributed by atoms with E-state index in [1.807, 2.05) is 42.5 Å². The molecule has 126 valence electrons. The van der Waals surface area contributed by atoms with Crippen LogP contribution in [-0.4, -0.2) is 17.0 Å². The summed E-state index contributed by atoms with van der Waals surface area (Å²) in [6.45, 7) is 1.60. The van der Waals surface area contributed by atoms with Crippen LogP contribution >= 0.6 is 11.6 Å². The van der Waals surface area contributed by atoms with Gasteiger partial charge in [0.1, 0.15) is 0 Å². The SMILES string of the molecule is CC(C(=O)O)C(NC(=O)CCc1ccc(Cl)cc1)c1ccccc1. The molecular formula is C19H20ClNO3. The minimum Gasteiger partial charge on any atom is -0.481 e. The molecule has 24 heavy (non-hydrogen) atoms. The number of nitrogens with one attached hydrogen (secondary N) is 1. The van der Waals surface area contributed by atoms with E-state index < -0.39 is 17.9 Å².